The van der Waals surface area contributed by atoms with Crippen LogP contribution in [0.25, 0.3) is 11.3 Å². The van der Waals surface area contributed by atoms with E-state index in [1.165, 1.54) is 34.6 Å². The zero-order valence-corrected chi connectivity index (χ0v) is 14.9. The molecule has 0 saturated heterocycles. The van der Waals surface area contributed by atoms with Crippen LogP contribution in [0.3, 0.4) is 0 Å². The van der Waals surface area contributed by atoms with E-state index in [0.717, 1.165) is 22.1 Å². The fourth-order valence-corrected chi connectivity index (χ4v) is 3.47. The standard InChI is InChI=1S/C17H17N3O2S2/c1-11-3-4-13(9-12(11)2)16-10-23-17(20-16)19-14-5-7-15(8-6-14)24(18,21)22/h3-10H,1-2H3,(H,19,20)(H2,18,21,22). The zero-order valence-electron chi connectivity index (χ0n) is 13.3. The van der Waals surface area contributed by atoms with Crippen molar-refractivity contribution < 1.29 is 8.42 Å². The number of aromatic nitrogens is 1. The van der Waals surface area contributed by atoms with E-state index in [9.17, 15) is 8.42 Å². The van der Waals surface area contributed by atoms with E-state index >= 15 is 0 Å². The van der Waals surface area contributed by atoms with Crippen molar-refractivity contribution in [3.63, 3.8) is 0 Å². The van der Waals surface area contributed by atoms with Gasteiger partial charge in [-0.3, -0.25) is 0 Å². The maximum atomic E-state index is 11.3. The summed E-state index contributed by atoms with van der Waals surface area (Å²) in [5.41, 5.74) is 5.22. The SMILES string of the molecule is Cc1ccc(-c2csc(Nc3ccc(S(N)(=O)=O)cc3)n2)cc1C. The van der Waals surface area contributed by atoms with Crippen LogP contribution in [0.2, 0.25) is 0 Å². The lowest BCUT2D eigenvalue weighted by Crippen LogP contribution is -2.11. The third-order valence-electron chi connectivity index (χ3n) is 3.74. The molecule has 0 saturated carbocycles. The van der Waals surface area contributed by atoms with Crippen molar-refractivity contribution in [1.82, 2.24) is 4.98 Å². The van der Waals surface area contributed by atoms with E-state index < -0.39 is 10.0 Å². The van der Waals surface area contributed by atoms with Gasteiger partial charge in [0.2, 0.25) is 10.0 Å². The number of nitrogens with two attached hydrogens (primary N) is 1. The number of rotatable bonds is 4. The topological polar surface area (TPSA) is 85.1 Å². The summed E-state index contributed by atoms with van der Waals surface area (Å²) in [6.45, 7) is 4.16. The number of benzene rings is 2. The Bertz CT molecular complexity index is 977. The average Bonchev–Trinajstić information content (AvgIpc) is 2.98. The summed E-state index contributed by atoms with van der Waals surface area (Å²) in [5, 5.41) is 11.0. The minimum atomic E-state index is -3.67. The largest absolute Gasteiger partial charge is 0.332 e. The van der Waals surface area contributed by atoms with Crippen LogP contribution in [0.15, 0.2) is 52.7 Å². The highest BCUT2D eigenvalue weighted by Gasteiger charge is 2.09. The van der Waals surface area contributed by atoms with Crippen LogP contribution in [-0.4, -0.2) is 13.4 Å². The first-order valence-electron chi connectivity index (χ1n) is 7.26. The fraction of sp³-hybridized carbons (Fsp3) is 0.118. The lowest BCUT2D eigenvalue weighted by molar-refractivity contribution is 0.598. The van der Waals surface area contributed by atoms with E-state index in [1.807, 2.05) is 5.38 Å². The highest BCUT2D eigenvalue weighted by Crippen LogP contribution is 2.28. The second-order valence-corrected chi connectivity index (χ2v) is 7.95. The molecular weight excluding hydrogens is 342 g/mol. The fourth-order valence-electron chi connectivity index (χ4n) is 2.22. The van der Waals surface area contributed by atoms with E-state index in [2.05, 4.69) is 42.3 Å². The summed E-state index contributed by atoms with van der Waals surface area (Å²) >= 11 is 1.49. The summed E-state index contributed by atoms with van der Waals surface area (Å²) in [6.07, 6.45) is 0. The molecule has 0 bridgehead atoms. The van der Waals surface area contributed by atoms with Gasteiger partial charge in [-0.05, 0) is 55.3 Å². The third kappa shape index (κ3) is 3.64. The third-order valence-corrected chi connectivity index (χ3v) is 5.43. The number of sulfonamides is 1. The predicted molar refractivity (Wildman–Crippen MR) is 98.1 cm³/mol. The van der Waals surface area contributed by atoms with Crippen LogP contribution in [0.5, 0.6) is 0 Å². The maximum absolute atomic E-state index is 11.3. The molecular formula is C17H17N3O2S2. The Hall–Kier alpha value is -2.22. The van der Waals surface area contributed by atoms with Gasteiger partial charge in [0.05, 0.1) is 10.6 Å². The Balaban J connectivity index is 1.80. The van der Waals surface area contributed by atoms with Gasteiger partial charge >= 0.3 is 0 Å². The molecule has 0 spiro atoms. The maximum Gasteiger partial charge on any atom is 0.238 e. The molecule has 0 radical (unpaired) electrons. The Kier molecular flexibility index (Phi) is 4.40. The number of primary sulfonamides is 1. The molecule has 2 aromatic carbocycles. The van der Waals surface area contributed by atoms with E-state index in [1.54, 1.807) is 12.1 Å². The molecule has 5 nitrogen and oxygen atoms in total. The van der Waals surface area contributed by atoms with Crippen LogP contribution in [0.1, 0.15) is 11.1 Å². The number of nitrogens with one attached hydrogen (secondary N) is 1. The zero-order chi connectivity index (χ0) is 17.3. The molecule has 7 heteroatoms. The van der Waals surface area contributed by atoms with Crippen molar-refractivity contribution in [3.05, 3.63) is 59.0 Å². The number of anilines is 2. The monoisotopic (exact) mass is 359 g/mol. The minimum absolute atomic E-state index is 0.0861. The van der Waals surface area contributed by atoms with Crippen LogP contribution in [0, 0.1) is 13.8 Å². The van der Waals surface area contributed by atoms with E-state index in [4.69, 9.17) is 5.14 Å². The Morgan fingerprint density at radius 3 is 2.38 bits per heavy atom. The quantitative estimate of drug-likeness (QED) is 0.741. The Labute approximate surface area is 145 Å². The predicted octanol–water partition coefficient (Wildman–Crippen LogP) is 3.82. The van der Waals surface area contributed by atoms with Crippen molar-refractivity contribution in [2.24, 2.45) is 5.14 Å². The molecule has 1 heterocycles. The number of hydrogen-bond donors (Lipinski definition) is 2. The summed E-state index contributed by atoms with van der Waals surface area (Å²) in [4.78, 5) is 4.67. The second-order valence-electron chi connectivity index (χ2n) is 5.53. The first-order valence-corrected chi connectivity index (χ1v) is 9.68. The lowest BCUT2D eigenvalue weighted by Gasteiger charge is -2.04. The Morgan fingerprint density at radius 2 is 1.75 bits per heavy atom. The van der Waals surface area contributed by atoms with Crippen LogP contribution >= 0.6 is 11.3 Å². The van der Waals surface area contributed by atoms with Crippen molar-refractivity contribution in [2.75, 3.05) is 5.32 Å². The van der Waals surface area contributed by atoms with Crippen molar-refractivity contribution >= 4 is 32.2 Å². The molecule has 0 aliphatic heterocycles. The molecule has 124 valence electrons. The molecule has 3 N–H and O–H groups in total. The second kappa shape index (κ2) is 6.35. The first-order chi connectivity index (χ1) is 11.3. The molecule has 0 unspecified atom stereocenters. The molecule has 3 aromatic rings. The Morgan fingerprint density at radius 1 is 1.04 bits per heavy atom. The van der Waals surface area contributed by atoms with Crippen molar-refractivity contribution in [2.45, 2.75) is 18.7 Å². The highest BCUT2D eigenvalue weighted by molar-refractivity contribution is 7.89. The summed E-state index contributed by atoms with van der Waals surface area (Å²) < 4.78 is 22.5. The number of hydrogen-bond acceptors (Lipinski definition) is 5. The van der Waals surface area contributed by atoms with Gasteiger partial charge in [-0.25, -0.2) is 18.5 Å². The average molecular weight is 359 g/mol. The molecule has 1 aromatic heterocycles. The molecule has 3 rings (SSSR count). The van der Waals surface area contributed by atoms with Crippen molar-refractivity contribution in [1.29, 1.82) is 0 Å². The van der Waals surface area contributed by atoms with Crippen LogP contribution in [0.4, 0.5) is 10.8 Å². The summed E-state index contributed by atoms with van der Waals surface area (Å²) in [5.74, 6) is 0. The molecule has 0 fully saturated rings. The van der Waals surface area contributed by atoms with Crippen LogP contribution in [-0.2, 0) is 10.0 Å². The summed E-state index contributed by atoms with van der Waals surface area (Å²) in [6, 6.07) is 12.5. The van der Waals surface area contributed by atoms with E-state index in [0.29, 0.717) is 0 Å². The smallest absolute Gasteiger partial charge is 0.238 e. The number of aryl methyl sites for hydroxylation is 2. The van der Waals surface area contributed by atoms with E-state index in [-0.39, 0.29) is 4.90 Å². The molecule has 24 heavy (non-hydrogen) atoms. The van der Waals surface area contributed by atoms with Crippen LogP contribution < -0.4 is 10.5 Å². The first kappa shape index (κ1) is 16.6. The summed E-state index contributed by atoms with van der Waals surface area (Å²) in [7, 11) is -3.67. The molecule has 0 amide bonds. The number of thiazole rings is 1. The highest BCUT2D eigenvalue weighted by atomic mass is 32.2. The molecule has 0 atom stereocenters. The van der Waals surface area contributed by atoms with Gasteiger partial charge in [0.25, 0.3) is 0 Å². The normalized spacial score (nSPS) is 11.5. The lowest BCUT2D eigenvalue weighted by atomic mass is 10.1. The minimum Gasteiger partial charge on any atom is -0.332 e. The van der Waals surface area contributed by atoms with Gasteiger partial charge in [-0.2, -0.15) is 0 Å². The van der Waals surface area contributed by atoms with Gasteiger partial charge in [0.15, 0.2) is 5.13 Å². The molecule has 0 aliphatic carbocycles. The number of nitrogens with zero attached hydrogens (tertiary/aromatic N) is 1. The van der Waals surface area contributed by atoms with Gasteiger partial charge in [0.1, 0.15) is 0 Å². The van der Waals surface area contributed by atoms with Gasteiger partial charge < -0.3 is 5.32 Å². The van der Waals surface area contributed by atoms with Crippen molar-refractivity contribution in [3.8, 4) is 11.3 Å². The van der Waals surface area contributed by atoms with Gasteiger partial charge in [0, 0.05) is 16.6 Å². The van der Waals surface area contributed by atoms with Gasteiger partial charge in [-0.1, -0.05) is 12.1 Å². The van der Waals surface area contributed by atoms with Gasteiger partial charge in [-0.15, -0.1) is 11.3 Å². The molecule has 0 aliphatic rings.